The number of likely N-dealkylation sites (N-methyl/N-ethyl adjacent to an activating group) is 1. The van der Waals surface area contributed by atoms with Crippen molar-refractivity contribution in [1.82, 2.24) is 4.90 Å². The number of hydrogen-bond donors (Lipinski definition) is 2. The first-order valence-corrected chi connectivity index (χ1v) is 5.00. The molecule has 3 N–H and O–H groups in total. The zero-order valence-electron chi connectivity index (χ0n) is 8.09. The molecule has 0 aliphatic heterocycles. The highest BCUT2D eigenvalue weighted by molar-refractivity contribution is 7.80. The van der Waals surface area contributed by atoms with Crippen molar-refractivity contribution < 1.29 is 17.3 Å². The van der Waals surface area contributed by atoms with Gasteiger partial charge in [-0.3, -0.25) is 9.45 Å². The molecule has 0 bridgehead atoms. The van der Waals surface area contributed by atoms with E-state index in [4.69, 9.17) is 4.55 Å². The minimum atomic E-state index is -4.38. The van der Waals surface area contributed by atoms with Crippen LogP contribution in [0.2, 0.25) is 0 Å². The Balaban J connectivity index is 0. The van der Waals surface area contributed by atoms with Gasteiger partial charge < -0.3 is 0 Å². The second kappa shape index (κ2) is 8.85. The van der Waals surface area contributed by atoms with Gasteiger partial charge in [-0.1, -0.05) is 12.2 Å². The first-order chi connectivity index (χ1) is 6.37. The first kappa shape index (κ1) is 15.7. The van der Waals surface area contributed by atoms with Gasteiger partial charge in [0.05, 0.1) is 0 Å². The fraction of sp³-hybridized carbons (Fsp3) is 0.429. The van der Waals surface area contributed by atoms with Crippen LogP contribution in [0.25, 0.3) is 0 Å². The molecule has 0 saturated carbocycles. The summed E-state index contributed by atoms with van der Waals surface area (Å²) in [5.74, 6) is 3.97. The molecule has 0 amide bonds. The Morgan fingerprint density at radius 1 is 1.43 bits per heavy atom. The highest BCUT2D eigenvalue weighted by atomic mass is 32.3. The molecule has 6 nitrogen and oxygen atoms in total. The molecule has 0 rings (SSSR count). The van der Waals surface area contributed by atoms with E-state index in [1.165, 1.54) is 0 Å². The van der Waals surface area contributed by atoms with E-state index in [1.807, 2.05) is 19.2 Å². The molecular weight excluding hydrogens is 208 g/mol. The molecule has 84 valence electrons. The molecule has 0 radical (unpaired) electrons. The Hall–Kier alpha value is -0.730. The smallest absolute Gasteiger partial charge is 0.299 e. The maximum Gasteiger partial charge on any atom is 0.413 e. The number of rotatable bonds is 5. The highest BCUT2D eigenvalue weighted by Crippen LogP contribution is 1.80. The van der Waals surface area contributed by atoms with Gasteiger partial charge >= 0.3 is 10.4 Å². The molecule has 0 saturated heterocycles. The normalized spacial score (nSPS) is 10.3. The van der Waals surface area contributed by atoms with Crippen LogP contribution in [0, 0.1) is 0 Å². The lowest BCUT2D eigenvalue weighted by Gasteiger charge is -2.09. The third-order valence-electron chi connectivity index (χ3n) is 1.00. The monoisotopic (exact) mass is 224 g/mol. The van der Waals surface area contributed by atoms with Crippen molar-refractivity contribution in [2.45, 2.75) is 0 Å². The molecule has 0 aliphatic rings. The summed E-state index contributed by atoms with van der Waals surface area (Å²) in [6, 6.07) is 0. The molecule has 14 heavy (non-hydrogen) atoms. The van der Waals surface area contributed by atoms with Gasteiger partial charge in [0.15, 0.2) is 0 Å². The van der Waals surface area contributed by atoms with Crippen molar-refractivity contribution in [1.29, 1.82) is 0 Å². The Morgan fingerprint density at radius 3 is 1.86 bits per heavy atom. The molecule has 0 fully saturated rings. The quantitative estimate of drug-likeness (QED) is 0.387. The highest BCUT2D eigenvalue weighted by Gasteiger charge is 1.95. The summed E-state index contributed by atoms with van der Waals surface area (Å²) >= 11 is 0. The van der Waals surface area contributed by atoms with Crippen molar-refractivity contribution in [3.8, 4) is 0 Å². The van der Waals surface area contributed by atoms with Crippen molar-refractivity contribution >= 4 is 10.4 Å². The number of nitrogens with two attached hydrogens (primary N) is 1. The Bertz CT molecular complexity index is 240. The molecule has 0 heterocycles. The SMILES string of the molecule is C=CCN(C)CC=C.NOS(=O)(=O)O. The van der Waals surface area contributed by atoms with E-state index in [0.29, 0.717) is 0 Å². The van der Waals surface area contributed by atoms with Crippen LogP contribution in [0.15, 0.2) is 25.3 Å². The largest absolute Gasteiger partial charge is 0.413 e. The zero-order valence-corrected chi connectivity index (χ0v) is 8.90. The van der Waals surface area contributed by atoms with E-state index >= 15 is 0 Å². The molecule has 0 aromatic carbocycles. The van der Waals surface area contributed by atoms with Gasteiger partial charge in [0.1, 0.15) is 0 Å². The molecule has 0 unspecified atom stereocenters. The van der Waals surface area contributed by atoms with Gasteiger partial charge in [-0.25, -0.2) is 0 Å². The first-order valence-electron chi connectivity index (χ1n) is 3.63. The molecule has 0 spiro atoms. The van der Waals surface area contributed by atoms with Gasteiger partial charge in [0.2, 0.25) is 0 Å². The van der Waals surface area contributed by atoms with Crippen LogP contribution < -0.4 is 5.90 Å². The number of nitrogens with zero attached hydrogens (tertiary/aromatic N) is 1. The van der Waals surface area contributed by atoms with Crippen molar-refractivity contribution in [3.05, 3.63) is 25.3 Å². The molecule has 0 aromatic rings. The lowest BCUT2D eigenvalue weighted by Crippen LogP contribution is -2.17. The summed E-state index contributed by atoms with van der Waals surface area (Å²) in [6.07, 6.45) is 3.76. The van der Waals surface area contributed by atoms with Crippen molar-refractivity contribution in [2.24, 2.45) is 5.90 Å². The van der Waals surface area contributed by atoms with E-state index in [0.717, 1.165) is 13.1 Å². The second-order valence-corrected chi connectivity index (χ2v) is 3.37. The van der Waals surface area contributed by atoms with Gasteiger partial charge in [-0.05, 0) is 7.05 Å². The average Bonchev–Trinajstić information content (AvgIpc) is 2.05. The average molecular weight is 224 g/mol. The molecule has 0 aliphatic carbocycles. The zero-order chi connectivity index (χ0) is 11.6. The Morgan fingerprint density at radius 2 is 1.71 bits per heavy atom. The van der Waals surface area contributed by atoms with Crippen LogP contribution in [-0.2, 0) is 14.7 Å². The fourth-order valence-electron chi connectivity index (χ4n) is 0.515. The standard InChI is InChI=1S/C7H13N.H3NO4S/c1-4-6-8(3)7-5-2;1-5-6(2,3)4/h4-5H,1-2,6-7H2,3H3;1H2,(H,2,3,4). The van der Waals surface area contributed by atoms with Crippen molar-refractivity contribution in [2.75, 3.05) is 20.1 Å². The van der Waals surface area contributed by atoms with Crippen LogP contribution in [-0.4, -0.2) is 38.0 Å². The van der Waals surface area contributed by atoms with Gasteiger partial charge in [-0.15, -0.1) is 13.2 Å². The van der Waals surface area contributed by atoms with Crippen LogP contribution in [0.4, 0.5) is 0 Å². The van der Waals surface area contributed by atoms with E-state index in [2.05, 4.69) is 28.2 Å². The Kier molecular flexibility index (Phi) is 9.94. The van der Waals surface area contributed by atoms with E-state index in [1.54, 1.807) is 0 Å². The van der Waals surface area contributed by atoms with E-state index < -0.39 is 10.4 Å². The lowest BCUT2D eigenvalue weighted by molar-refractivity contribution is 0.277. The van der Waals surface area contributed by atoms with E-state index in [9.17, 15) is 8.42 Å². The molecular formula is C7H16N2O4S. The summed E-state index contributed by atoms with van der Waals surface area (Å²) in [4.78, 5) is 2.12. The predicted octanol–water partition coefficient (Wildman–Crippen LogP) is -0.0303. The van der Waals surface area contributed by atoms with Crippen LogP contribution >= 0.6 is 0 Å². The van der Waals surface area contributed by atoms with Gasteiger partial charge in [0.25, 0.3) is 0 Å². The molecule has 0 aromatic heterocycles. The lowest BCUT2D eigenvalue weighted by atomic mass is 10.5. The minimum absolute atomic E-state index is 0.937. The topological polar surface area (TPSA) is 92.9 Å². The van der Waals surface area contributed by atoms with Crippen molar-refractivity contribution in [3.63, 3.8) is 0 Å². The summed E-state index contributed by atoms with van der Waals surface area (Å²) in [5.41, 5.74) is 0. The third-order valence-corrected chi connectivity index (χ3v) is 1.25. The Labute approximate surface area is 84.6 Å². The number of hydrogen-bond acceptors (Lipinski definition) is 5. The van der Waals surface area contributed by atoms with Crippen LogP contribution in [0.5, 0.6) is 0 Å². The maximum atomic E-state index is 9.21. The third kappa shape index (κ3) is 17.4. The maximum absolute atomic E-state index is 9.21. The summed E-state index contributed by atoms with van der Waals surface area (Å²) in [7, 11) is -2.35. The predicted molar refractivity (Wildman–Crippen MR) is 54.7 cm³/mol. The van der Waals surface area contributed by atoms with E-state index in [-0.39, 0.29) is 0 Å². The summed E-state index contributed by atoms with van der Waals surface area (Å²) in [5, 5.41) is 0. The molecule has 7 heteroatoms. The second-order valence-electron chi connectivity index (χ2n) is 2.32. The van der Waals surface area contributed by atoms with Crippen LogP contribution in [0.1, 0.15) is 0 Å². The molecule has 0 atom stereocenters. The fourth-order valence-corrected chi connectivity index (χ4v) is 0.515. The van der Waals surface area contributed by atoms with Gasteiger partial charge in [0, 0.05) is 13.1 Å². The summed E-state index contributed by atoms with van der Waals surface area (Å²) < 4.78 is 28.8. The summed E-state index contributed by atoms with van der Waals surface area (Å²) in [6.45, 7) is 9.09. The van der Waals surface area contributed by atoms with Crippen LogP contribution in [0.3, 0.4) is 0 Å². The minimum Gasteiger partial charge on any atom is -0.299 e. The van der Waals surface area contributed by atoms with Gasteiger partial charge in [-0.2, -0.15) is 18.6 Å².